The largest absolute Gasteiger partial charge is 0.273 e. The summed E-state index contributed by atoms with van der Waals surface area (Å²) in [5.41, 5.74) is 1.02. The third-order valence-corrected chi connectivity index (χ3v) is 6.60. The van der Waals surface area contributed by atoms with E-state index in [0.717, 1.165) is 20.6 Å². The Morgan fingerprint density at radius 3 is 2.64 bits per heavy atom. The van der Waals surface area contributed by atoms with Gasteiger partial charge in [-0.3, -0.25) is 10.1 Å². The zero-order valence-corrected chi connectivity index (χ0v) is 15.2. The van der Waals surface area contributed by atoms with E-state index in [1.165, 1.54) is 30.5 Å². The van der Waals surface area contributed by atoms with Gasteiger partial charge in [0.15, 0.2) is 0 Å². The second-order valence-electron chi connectivity index (χ2n) is 5.54. The molecule has 0 spiro atoms. The Morgan fingerprint density at radius 1 is 1.24 bits per heavy atom. The van der Waals surface area contributed by atoms with Gasteiger partial charge in [-0.25, -0.2) is 13.4 Å². The summed E-state index contributed by atoms with van der Waals surface area (Å²) in [5, 5.41) is 11.7. The van der Waals surface area contributed by atoms with Crippen LogP contribution in [-0.2, 0) is 16.6 Å². The molecule has 0 amide bonds. The highest BCUT2D eigenvalue weighted by molar-refractivity contribution is 7.89. The molecule has 0 bridgehead atoms. The van der Waals surface area contributed by atoms with Crippen LogP contribution in [0.25, 0.3) is 10.2 Å². The third kappa shape index (κ3) is 3.39. The predicted molar refractivity (Wildman–Crippen MR) is 96.1 cm³/mol. The molecule has 25 heavy (non-hydrogen) atoms. The molecule has 1 aromatic heterocycles. The predicted octanol–water partition coefficient (Wildman–Crippen LogP) is 3.33. The minimum atomic E-state index is -3.85. The fourth-order valence-corrected chi connectivity index (χ4v) is 4.64. The third-order valence-electron chi connectivity index (χ3n) is 3.78. The molecule has 0 unspecified atom stereocenters. The number of benzene rings is 2. The van der Waals surface area contributed by atoms with Crippen LogP contribution in [0.1, 0.15) is 10.6 Å². The second-order valence-corrected chi connectivity index (χ2v) is 8.70. The molecule has 1 heterocycles. The number of fused-ring (bicyclic) bond motifs is 1. The molecular formula is C16H15N3O4S2. The normalized spacial score (nSPS) is 12.0. The number of rotatable bonds is 5. The van der Waals surface area contributed by atoms with E-state index in [9.17, 15) is 18.5 Å². The first-order valence-electron chi connectivity index (χ1n) is 7.35. The fourth-order valence-electron chi connectivity index (χ4n) is 2.39. The van der Waals surface area contributed by atoms with Crippen molar-refractivity contribution in [2.75, 3.05) is 7.05 Å². The maximum atomic E-state index is 12.7. The topological polar surface area (TPSA) is 93.4 Å². The van der Waals surface area contributed by atoms with Crippen LogP contribution in [0.3, 0.4) is 0 Å². The Morgan fingerprint density at radius 2 is 1.96 bits per heavy atom. The molecule has 0 fully saturated rings. The Labute approximate surface area is 148 Å². The Hall–Kier alpha value is -2.36. The Kier molecular flexibility index (Phi) is 4.55. The van der Waals surface area contributed by atoms with Crippen LogP contribution >= 0.6 is 11.3 Å². The van der Waals surface area contributed by atoms with Crippen LogP contribution < -0.4 is 0 Å². The van der Waals surface area contributed by atoms with Gasteiger partial charge in [-0.2, -0.15) is 4.31 Å². The van der Waals surface area contributed by atoms with Crippen molar-refractivity contribution >= 4 is 37.3 Å². The number of nitro benzene ring substituents is 1. The number of aromatic nitrogens is 1. The summed E-state index contributed by atoms with van der Waals surface area (Å²) in [5.74, 6) is 0. The van der Waals surface area contributed by atoms with Crippen molar-refractivity contribution in [3.05, 3.63) is 63.1 Å². The van der Waals surface area contributed by atoms with Gasteiger partial charge in [0.2, 0.25) is 10.0 Å². The number of aryl methyl sites for hydroxylation is 1. The highest BCUT2D eigenvalue weighted by Gasteiger charge is 2.25. The molecular weight excluding hydrogens is 362 g/mol. The van der Waals surface area contributed by atoms with E-state index in [-0.39, 0.29) is 17.1 Å². The lowest BCUT2D eigenvalue weighted by Crippen LogP contribution is -2.26. The van der Waals surface area contributed by atoms with Crippen molar-refractivity contribution in [1.82, 2.24) is 9.29 Å². The summed E-state index contributed by atoms with van der Waals surface area (Å²) >= 11 is 1.42. The van der Waals surface area contributed by atoms with Gasteiger partial charge in [-0.15, -0.1) is 11.3 Å². The monoisotopic (exact) mass is 377 g/mol. The summed E-state index contributed by atoms with van der Waals surface area (Å²) in [6.07, 6.45) is 0. The molecule has 0 aliphatic heterocycles. The molecule has 130 valence electrons. The smallest absolute Gasteiger partial charge is 0.258 e. The Bertz CT molecular complexity index is 1030. The van der Waals surface area contributed by atoms with Gasteiger partial charge in [0.25, 0.3) is 5.69 Å². The van der Waals surface area contributed by atoms with Crippen LogP contribution in [0, 0.1) is 17.0 Å². The van der Waals surface area contributed by atoms with E-state index in [1.54, 1.807) is 6.92 Å². The van der Waals surface area contributed by atoms with Gasteiger partial charge >= 0.3 is 0 Å². The lowest BCUT2D eigenvalue weighted by Gasteiger charge is -2.16. The molecule has 0 aliphatic rings. The number of sulfonamides is 1. The van der Waals surface area contributed by atoms with E-state index in [1.807, 2.05) is 24.3 Å². The number of para-hydroxylation sites is 1. The van der Waals surface area contributed by atoms with Crippen LogP contribution in [0.2, 0.25) is 0 Å². The van der Waals surface area contributed by atoms with E-state index in [4.69, 9.17) is 0 Å². The minimum Gasteiger partial charge on any atom is -0.258 e. The lowest BCUT2D eigenvalue weighted by molar-refractivity contribution is -0.385. The molecule has 0 radical (unpaired) electrons. The Balaban J connectivity index is 1.91. The summed E-state index contributed by atoms with van der Waals surface area (Å²) in [7, 11) is -2.41. The molecule has 0 atom stereocenters. The van der Waals surface area contributed by atoms with Gasteiger partial charge in [-0.1, -0.05) is 18.2 Å². The average Bonchev–Trinajstić information content (AvgIpc) is 2.96. The quantitative estimate of drug-likeness (QED) is 0.502. The van der Waals surface area contributed by atoms with Gasteiger partial charge in [0, 0.05) is 18.7 Å². The first-order chi connectivity index (χ1) is 11.8. The lowest BCUT2D eigenvalue weighted by atomic mass is 10.2. The zero-order chi connectivity index (χ0) is 18.2. The van der Waals surface area contributed by atoms with Gasteiger partial charge in [0.05, 0.1) is 26.6 Å². The van der Waals surface area contributed by atoms with Crippen molar-refractivity contribution in [1.29, 1.82) is 0 Å². The average molecular weight is 377 g/mol. The van der Waals surface area contributed by atoms with Crippen LogP contribution in [0.5, 0.6) is 0 Å². The van der Waals surface area contributed by atoms with Crippen molar-refractivity contribution in [3.8, 4) is 0 Å². The molecule has 0 N–H and O–H groups in total. The number of hydrogen-bond acceptors (Lipinski definition) is 6. The summed E-state index contributed by atoms with van der Waals surface area (Å²) in [6, 6.07) is 11.5. The van der Waals surface area contributed by atoms with Crippen molar-refractivity contribution in [2.24, 2.45) is 0 Å². The van der Waals surface area contributed by atoms with Crippen molar-refractivity contribution < 1.29 is 13.3 Å². The van der Waals surface area contributed by atoms with E-state index in [2.05, 4.69) is 4.98 Å². The molecule has 2 aromatic carbocycles. The fraction of sp³-hybridized carbons (Fsp3) is 0.188. The van der Waals surface area contributed by atoms with Gasteiger partial charge in [0.1, 0.15) is 5.01 Å². The highest BCUT2D eigenvalue weighted by Crippen LogP contribution is 2.27. The molecule has 0 aliphatic carbocycles. The van der Waals surface area contributed by atoms with Crippen LogP contribution in [-0.4, -0.2) is 29.7 Å². The molecule has 7 nitrogen and oxygen atoms in total. The van der Waals surface area contributed by atoms with E-state index in [0.29, 0.717) is 10.6 Å². The van der Waals surface area contributed by atoms with Crippen LogP contribution in [0.15, 0.2) is 47.4 Å². The number of thiazole rings is 1. The number of hydrogen-bond donors (Lipinski definition) is 0. The maximum Gasteiger partial charge on any atom is 0.273 e. The SMILES string of the molecule is Cc1ccc(S(=O)(=O)N(C)Cc2nc3ccccc3s2)cc1[N+](=O)[O-]. The molecule has 9 heteroatoms. The summed E-state index contributed by atoms with van der Waals surface area (Å²) in [4.78, 5) is 14.8. The van der Waals surface area contributed by atoms with Crippen molar-refractivity contribution in [3.63, 3.8) is 0 Å². The van der Waals surface area contributed by atoms with Crippen LogP contribution in [0.4, 0.5) is 5.69 Å². The number of nitrogens with zero attached hydrogens (tertiary/aromatic N) is 3. The second kappa shape index (κ2) is 6.51. The molecule has 0 saturated carbocycles. The van der Waals surface area contributed by atoms with E-state index < -0.39 is 14.9 Å². The van der Waals surface area contributed by atoms with Gasteiger partial charge < -0.3 is 0 Å². The standard InChI is InChI=1S/C16H15N3O4S2/c1-11-7-8-12(9-14(11)19(20)21)25(22,23)18(2)10-16-17-13-5-3-4-6-15(13)24-16/h3-9H,10H2,1-2H3. The summed E-state index contributed by atoms with van der Waals surface area (Å²) < 4.78 is 27.6. The molecule has 3 rings (SSSR count). The maximum absolute atomic E-state index is 12.7. The molecule has 3 aromatic rings. The minimum absolute atomic E-state index is 0.101. The first kappa shape index (κ1) is 17.5. The first-order valence-corrected chi connectivity index (χ1v) is 9.60. The van der Waals surface area contributed by atoms with Gasteiger partial charge in [-0.05, 0) is 25.1 Å². The van der Waals surface area contributed by atoms with Crippen molar-refractivity contribution in [2.45, 2.75) is 18.4 Å². The van der Waals surface area contributed by atoms with E-state index >= 15 is 0 Å². The highest BCUT2D eigenvalue weighted by atomic mass is 32.2. The number of nitro groups is 1. The zero-order valence-electron chi connectivity index (χ0n) is 13.5. The summed E-state index contributed by atoms with van der Waals surface area (Å²) in [6.45, 7) is 1.67. The molecule has 0 saturated heterocycles.